The molecule has 0 unspecified atom stereocenters. The molecule has 0 aliphatic carbocycles. The Bertz CT molecular complexity index is 555. The molecule has 0 fully saturated rings. The van der Waals surface area contributed by atoms with Crippen molar-refractivity contribution in [1.29, 1.82) is 0 Å². The van der Waals surface area contributed by atoms with Crippen molar-refractivity contribution in [2.75, 3.05) is 0 Å². The van der Waals surface area contributed by atoms with Crippen LogP contribution in [-0.4, -0.2) is 21.0 Å². The maximum atomic E-state index is 13.0. The van der Waals surface area contributed by atoms with Crippen LogP contribution in [0.5, 0.6) is 0 Å². The average molecular weight is 246 g/mol. The normalized spacial score (nSPS) is 10.3. The zero-order chi connectivity index (χ0) is 13.0. The number of hydrogen-bond donors (Lipinski definition) is 1. The lowest BCUT2D eigenvalue weighted by molar-refractivity contribution is -0.136. The van der Waals surface area contributed by atoms with Gasteiger partial charge in [0.05, 0.1) is 0 Å². The number of carboxylic acid groups (broad SMARTS) is 1. The van der Waals surface area contributed by atoms with Gasteiger partial charge in [-0.25, -0.2) is 14.4 Å². The molecule has 5 heteroatoms. The van der Waals surface area contributed by atoms with E-state index < -0.39 is 5.97 Å². The van der Waals surface area contributed by atoms with Crippen molar-refractivity contribution in [2.24, 2.45) is 0 Å². The predicted octanol–water partition coefficient (Wildman–Crippen LogP) is 2.30. The van der Waals surface area contributed by atoms with Crippen molar-refractivity contribution in [3.63, 3.8) is 0 Å². The van der Waals surface area contributed by atoms with E-state index in [4.69, 9.17) is 5.11 Å². The van der Waals surface area contributed by atoms with Crippen molar-refractivity contribution >= 4 is 5.97 Å². The molecular formula is C13H11FN2O2. The molecule has 0 atom stereocenters. The third-order valence-corrected chi connectivity index (χ3v) is 2.42. The fourth-order valence-electron chi connectivity index (χ4n) is 1.51. The third-order valence-electron chi connectivity index (χ3n) is 2.42. The lowest BCUT2D eigenvalue weighted by Gasteiger charge is -2.02. The number of benzene rings is 1. The van der Waals surface area contributed by atoms with Gasteiger partial charge in [-0.3, -0.25) is 4.79 Å². The first-order chi connectivity index (χ1) is 8.65. The van der Waals surface area contributed by atoms with Crippen LogP contribution >= 0.6 is 0 Å². The molecule has 2 rings (SSSR count). The monoisotopic (exact) mass is 246 g/mol. The number of aliphatic carboxylic acids is 1. The van der Waals surface area contributed by atoms with Crippen molar-refractivity contribution in [2.45, 2.75) is 12.8 Å². The lowest BCUT2D eigenvalue weighted by Crippen LogP contribution is -1.99. The summed E-state index contributed by atoms with van der Waals surface area (Å²) >= 11 is 0. The molecule has 0 saturated carbocycles. The van der Waals surface area contributed by atoms with Gasteiger partial charge in [0, 0.05) is 24.4 Å². The Balaban J connectivity index is 2.14. The zero-order valence-corrected chi connectivity index (χ0v) is 9.51. The Morgan fingerprint density at radius 1 is 1.28 bits per heavy atom. The molecule has 0 radical (unpaired) electrons. The van der Waals surface area contributed by atoms with Gasteiger partial charge < -0.3 is 5.11 Å². The fraction of sp³-hybridized carbons (Fsp3) is 0.154. The third kappa shape index (κ3) is 3.10. The van der Waals surface area contributed by atoms with Gasteiger partial charge in [0.2, 0.25) is 0 Å². The summed E-state index contributed by atoms with van der Waals surface area (Å²) in [6, 6.07) is 6.01. The molecule has 18 heavy (non-hydrogen) atoms. The molecule has 92 valence electrons. The van der Waals surface area contributed by atoms with Crippen LogP contribution in [0.3, 0.4) is 0 Å². The predicted molar refractivity (Wildman–Crippen MR) is 63.4 cm³/mol. The van der Waals surface area contributed by atoms with Crippen LogP contribution in [0.4, 0.5) is 4.39 Å². The van der Waals surface area contributed by atoms with Crippen LogP contribution in [-0.2, 0) is 11.2 Å². The van der Waals surface area contributed by atoms with Crippen LogP contribution in [0.15, 0.2) is 36.7 Å². The van der Waals surface area contributed by atoms with E-state index in [-0.39, 0.29) is 12.2 Å². The highest BCUT2D eigenvalue weighted by molar-refractivity contribution is 5.67. The number of carbonyl (C=O) groups is 1. The second kappa shape index (κ2) is 5.35. The Kier molecular flexibility index (Phi) is 3.62. The van der Waals surface area contributed by atoms with E-state index in [0.717, 1.165) is 5.56 Å². The first-order valence-corrected chi connectivity index (χ1v) is 5.44. The topological polar surface area (TPSA) is 63.1 Å². The van der Waals surface area contributed by atoms with Gasteiger partial charge in [-0.2, -0.15) is 0 Å². The fourth-order valence-corrected chi connectivity index (χ4v) is 1.51. The van der Waals surface area contributed by atoms with Crippen LogP contribution in [0, 0.1) is 5.82 Å². The van der Waals surface area contributed by atoms with E-state index in [1.54, 1.807) is 24.5 Å². The summed E-state index contributed by atoms with van der Waals surface area (Å²) in [5, 5.41) is 8.56. The summed E-state index contributed by atoms with van der Waals surface area (Å²) in [5.41, 5.74) is 1.34. The summed E-state index contributed by atoms with van der Waals surface area (Å²) < 4.78 is 13.0. The number of carboxylic acids is 1. The lowest BCUT2D eigenvalue weighted by atomic mass is 10.2. The second-order valence-electron chi connectivity index (χ2n) is 3.82. The van der Waals surface area contributed by atoms with Gasteiger partial charge in [0.15, 0.2) is 5.82 Å². The first-order valence-electron chi connectivity index (χ1n) is 5.44. The first kappa shape index (κ1) is 12.2. The Labute approximate surface area is 103 Å². The molecule has 0 bridgehead atoms. The van der Waals surface area contributed by atoms with E-state index in [9.17, 15) is 9.18 Å². The van der Waals surface area contributed by atoms with Crippen molar-refractivity contribution in [1.82, 2.24) is 9.97 Å². The van der Waals surface area contributed by atoms with Gasteiger partial charge in [0.25, 0.3) is 0 Å². The second-order valence-corrected chi connectivity index (χ2v) is 3.82. The van der Waals surface area contributed by atoms with Crippen molar-refractivity contribution in [3.8, 4) is 11.4 Å². The summed E-state index contributed by atoms with van der Waals surface area (Å²) in [7, 11) is 0. The van der Waals surface area contributed by atoms with Gasteiger partial charge in [-0.1, -0.05) is 12.1 Å². The summed E-state index contributed by atoms with van der Waals surface area (Å²) in [4.78, 5) is 18.6. The molecule has 2 aromatic rings. The molecule has 1 N–H and O–H groups in total. The minimum atomic E-state index is -0.857. The minimum Gasteiger partial charge on any atom is -0.481 e. The number of halogens is 1. The molecule has 4 nitrogen and oxygen atoms in total. The maximum Gasteiger partial charge on any atom is 0.303 e. The standard InChI is InChI=1S/C13H11FN2O2/c14-11-3-1-2-10(6-11)13-15-7-9(8-16-13)4-5-12(17)18/h1-3,6-8H,4-5H2,(H,17,18). The summed E-state index contributed by atoms with van der Waals surface area (Å²) in [6.45, 7) is 0. The number of hydrogen-bond acceptors (Lipinski definition) is 3. The number of aryl methyl sites for hydroxylation is 1. The molecule has 0 aliphatic heterocycles. The Morgan fingerprint density at radius 2 is 2.00 bits per heavy atom. The molecule has 0 amide bonds. The van der Waals surface area contributed by atoms with E-state index in [0.29, 0.717) is 17.8 Å². The van der Waals surface area contributed by atoms with E-state index >= 15 is 0 Å². The highest BCUT2D eigenvalue weighted by Gasteiger charge is 2.04. The number of nitrogens with zero attached hydrogens (tertiary/aromatic N) is 2. The maximum absolute atomic E-state index is 13.0. The van der Waals surface area contributed by atoms with E-state index in [1.807, 2.05) is 0 Å². The van der Waals surface area contributed by atoms with E-state index in [2.05, 4.69) is 9.97 Å². The van der Waals surface area contributed by atoms with Crippen LogP contribution < -0.4 is 0 Å². The Hall–Kier alpha value is -2.30. The van der Waals surface area contributed by atoms with Gasteiger partial charge in [-0.15, -0.1) is 0 Å². The smallest absolute Gasteiger partial charge is 0.303 e. The largest absolute Gasteiger partial charge is 0.481 e. The van der Waals surface area contributed by atoms with Crippen molar-refractivity contribution < 1.29 is 14.3 Å². The Morgan fingerprint density at radius 3 is 2.61 bits per heavy atom. The number of aromatic nitrogens is 2. The van der Waals surface area contributed by atoms with Crippen LogP contribution in [0.2, 0.25) is 0 Å². The average Bonchev–Trinajstić information content (AvgIpc) is 2.37. The highest BCUT2D eigenvalue weighted by Crippen LogP contribution is 2.15. The van der Waals surface area contributed by atoms with Crippen molar-refractivity contribution in [3.05, 3.63) is 48.0 Å². The van der Waals surface area contributed by atoms with Gasteiger partial charge in [-0.05, 0) is 24.1 Å². The van der Waals surface area contributed by atoms with Crippen LogP contribution in [0.1, 0.15) is 12.0 Å². The highest BCUT2D eigenvalue weighted by atomic mass is 19.1. The molecule has 0 spiro atoms. The molecular weight excluding hydrogens is 235 g/mol. The summed E-state index contributed by atoms with van der Waals surface area (Å²) in [5.74, 6) is -0.774. The van der Waals surface area contributed by atoms with Gasteiger partial charge in [0.1, 0.15) is 5.82 Å². The quantitative estimate of drug-likeness (QED) is 0.899. The molecule has 0 aliphatic rings. The van der Waals surface area contributed by atoms with Crippen LogP contribution in [0.25, 0.3) is 11.4 Å². The zero-order valence-electron chi connectivity index (χ0n) is 9.51. The molecule has 1 aromatic carbocycles. The SMILES string of the molecule is O=C(O)CCc1cnc(-c2cccc(F)c2)nc1. The molecule has 1 aromatic heterocycles. The van der Waals surface area contributed by atoms with Gasteiger partial charge >= 0.3 is 5.97 Å². The number of rotatable bonds is 4. The summed E-state index contributed by atoms with van der Waals surface area (Å²) in [6.07, 6.45) is 3.56. The molecule has 1 heterocycles. The van der Waals surface area contributed by atoms with E-state index in [1.165, 1.54) is 12.1 Å². The molecule has 0 saturated heterocycles. The minimum absolute atomic E-state index is 0.0443.